The summed E-state index contributed by atoms with van der Waals surface area (Å²) < 4.78 is 0. The first-order valence-corrected chi connectivity index (χ1v) is 15.8. The van der Waals surface area contributed by atoms with Gasteiger partial charge in [0.05, 0.1) is 17.9 Å². The normalized spacial score (nSPS) is 17.1. The molecule has 1 aliphatic rings. The largest absolute Gasteiger partial charge is 0.360 e. The summed E-state index contributed by atoms with van der Waals surface area (Å²) in [6.07, 6.45) is 5.14. The van der Waals surface area contributed by atoms with Gasteiger partial charge in [0.2, 0.25) is 11.8 Å². The van der Waals surface area contributed by atoms with Gasteiger partial charge in [0.1, 0.15) is 6.17 Å². The topological polar surface area (TPSA) is 94.3 Å². The lowest BCUT2D eigenvalue weighted by Crippen LogP contribution is -2.55. The summed E-state index contributed by atoms with van der Waals surface area (Å²) >= 11 is 0. The second kappa shape index (κ2) is 13.4. The number of aromatic nitrogens is 1. The molecule has 3 N–H and O–H groups in total. The summed E-state index contributed by atoms with van der Waals surface area (Å²) in [6, 6.07) is 29.8. The predicted molar refractivity (Wildman–Crippen MR) is 179 cm³/mol. The Morgan fingerprint density at radius 3 is 2.40 bits per heavy atom. The molecule has 7 heteroatoms. The molecule has 45 heavy (non-hydrogen) atoms. The number of hydrogen-bond acceptors (Lipinski definition) is 3. The second-order valence-electron chi connectivity index (χ2n) is 12.3. The van der Waals surface area contributed by atoms with E-state index in [-0.39, 0.29) is 30.2 Å². The number of carbonyl (C=O) groups excluding carboxylic acids is 3. The molecular formula is C38H40N4O3. The molecule has 6 rings (SSSR count). The van der Waals surface area contributed by atoms with Gasteiger partial charge >= 0.3 is 0 Å². The molecule has 3 atom stereocenters. The first-order valence-electron chi connectivity index (χ1n) is 15.8. The highest BCUT2D eigenvalue weighted by atomic mass is 16.2. The highest BCUT2D eigenvalue weighted by Crippen LogP contribution is 2.27. The van der Waals surface area contributed by atoms with E-state index in [1.54, 1.807) is 18.1 Å². The van der Waals surface area contributed by atoms with Crippen molar-refractivity contribution in [2.45, 2.75) is 57.7 Å². The van der Waals surface area contributed by atoms with E-state index in [1.165, 1.54) is 0 Å². The van der Waals surface area contributed by atoms with Crippen molar-refractivity contribution in [3.63, 3.8) is 0 Å². The van der Waals surface area contributed by atoms with Crippen molar-refractivity contribution in [2.24, 2.45) is 5.92 Å². The number of H-pyrrole nitrogens is 1. The molecule has 1 heterocycles. The number of nitrogens with one attached hydrogen (secondary N) is 3. The fourth-order valence-corrected chi connectivity index (χ4v) is 6.45. The Bertz CT molecular complexity index is 1830. The lowest BCUT2D eigenvalue weighted by atomic mass is 9.83. The van der Waals surface area contributed by atoms with Crippen molar-refractivity contribution in [2.75, 3.05) is 7.05 Å². The molecule has 0 bridgehead atoms. The highest BCUT2D eigenvalue weighted by Gasteiger charge is 2.34. The predicted octanol–water partition coefficient (Wildman–Crippen LogP) is 6.30. The molecule has 1 aliphatic carbocycles. The van der Waals surface area contributed by atoms with Gasteiger partial charge in [-0.2, -0.15) is 0 Å². The van der Waals surface area contributed by atoms with Crippen molar-refractivity contribution in [3.05, 3.63) is 119 Å². The summed E-state index contributed by atoms with van der Waals surface area (Å²) in [7, 11) is 1.76. The molecule has 0 spiro atoms. The molecular weight excluding hydrogens is 560 g/mol. The van der Waals surface area contributed by atoms with Crippen LogP contribution in [0.3, 0.4) is 0 Å². The SMILES string of the molecule is Cc1ccc(CC(=O)N(C)[C@H](Cc2ccc3ccccc3c2)NC(=O)[C@@H]2CCCC[C@@H]2NC(=O)c2c[nH]c3ccccc23)cc1. The summed E-state index contributed by atoms with van der Waals surface area (Å²) in [5.41, 5.74) is 4.57. The summed E-state index contributed by atoms with van der Waals surface area (Å²) in [6.45, 7) is 2.02. The van der Waals surface area contributed by atoms with Crippen LogP contribution in [0.15, 0.2) is 97.2 Å². The van der Waals surface area contributed by atoms with Gasteiger partial charge in [0.25, 0.3) is 5.91 Å². The van der Waals surface area contributed by atoms with Crippen LogP contribution in [0.5, 0.6) is 0 Å². The number of carbonyl (C=O) groups is 3. The van der Waals surface area contributed by atoms with Crippen LogP contribution in [0.4, 0.5) is 0 Å². The van der Waals surface area contributed by atoms with Gasteiger partial charge in [0.15, 0.2) is 0 Å². The number of likely N-dealkylation sites (N-methyl/N-ethyl adjacent to an activating group) is 1. The fourth-order valence-electron chi connectivity index (χ4n) is 6.45. The van der Waals surface area contributed by atoms with Crippen LogP contribution in [-0.2, 0) is 22.4 Å². The van der Waals surface area contributed by atoms with E-state index in [0.717, 1.165) is 57.6 Å². The number of benzene rings is 4. The Kier molecular flexibility index (Phi) is 8.96. The Morgan fingerprint density at radius 2 is 1.58 bits per heavy atom. The molecule has 7 nitrogen and oxygen atoms in total. The monoisotopic (exact) mass is 600 g/mol. The van der Waals surface area contributed by atoms with E-state index in [4.69, 9.17) is 0 Å². The highest BCUT2D eigenvalue weighted by molar-refractivity contribution is 6.07. The molecule has 4 aromatic carbocycles. The lowest BCUT2D eigenvalue weighted by Gasteiger charge is -2.35. The van der Waals surface area contributed by atoms with E-state index >= 15 is 0 Å². The Labute approximate surface area is 264 Å². The van der Waals surface area contributed by atoms with Gasteiger partial charge < -0.3 is 20.5 Å². The Balaban J connectivity index is 1.21. The minimum atomic E-state index is -0.552. The van der Waals surface area contributed by atoms with Gasteiger partial charge in [-0.15, -0.1) is 0 Å². The van der Waals surface area contributed by atoms with Crippen molar-refractivity contribution in [1.29, 1.82) is 0 Å². The minimum Gasteiger partial charge on any atom is -0.360 e. The summed E-state index contributed by atoms with van der Waals surface area (Å²) in [4.78, 5) is 45.8. The zero-order valence-electron chi connectivity index (χ0n) is 25.9. The smallest absolute Gasteiger partial charge is 0.253 e. The molecule has 3 amide bonds. The molecule has 0 aliphatic heterocycles. The van der Waals surface area contributed by atoms with Gasteiger partial charge in [-0.1, -0.05) is 103 Å². The van der Waals surface area contributed by atoms with Crippen molar-refractivity contribution in [1.82, 2.24) is 20.5 Å². The van der Waals surface area contributed by atoms with Crippen molar-refractivity contribution in [3.8, 4) is 0 Å². The first kappa shape index (κ1) is 30.1. The maximum absolute atomic E-state index is 14.0. The van der Waals surface area contributed by atoms with Crippen molar-refractivity contribution >= 4 is 39.4 Å². The third-order valence-electron chi connectivity index (χ3n) is 9.14. The van der Waals surface area contributed by atoms with E-state index in [0.29, 0.717) is 18.4 Å². The summed E-state index contributed by atoms with van der Waals surface area (Å²) in [5, 5.41) is 9.52. The van der Waals surface area contributed by atoms with Crippen LogP contribution in [-0.4, -0.2) is 46.9 Å². The molecule has 1 fully saturated rings. The fraction of sp³-hybridized carbons (Fsp3) is 0.289. The van der Waals surface area contributed by atoms with Crippen LogP contribution < -0.4 is 10.6 Å². The maximum atomic E-state index is 14.0. The molecule has 0 radical (unpaired) electrons. The zero-order valence-corrected chi connectivity index (χ0v) is 25.9. The number of hydrogen-bond donors (Lipinski definition) is 3. The van der Waals surface area contributed by atoms with E-state index < -0.39 is 12.1 Å². The quantitative estimate of drug-likeness (QED) is 0.173. The molecule has 1 saturated carbocycles. The van der Waals surface area contributed by atoms with E-state index in [1.807, 2.05) is 67.6 Å². The third kappa shape index (κ3) is 6.93. The molecule has 0 saturated heterocycles. The number of fused-ring (bicyclic) bond motifs is 2. The number of amides is 3. The average Bonchev–Trinajstić information content (AvgIpc) is 3.50. The summed E-state index contributed by atoms with van der Waals surface area (Å²) in [5.74, 6) is -0.791. The Morgan fingerprint density at radius 1 is 0.867 bits per heavy atom. The lowest BCUT2D eigenvalue weighted by molar-refractivity contribution is -0.135. The van der Waals surface area contributed by atoms with Crippen LogP contribution in [0.25, 0.3) is 21.7 Å². The van der Waals surface area contributed by atoms with Gasteiger partial charge in [-0.05, 0) is 47.7 Å². The number of aromatic amines is 1. The molecule has 230 valence electrons. The number of nitrogens with zero attached hydrogens (tertiary/aromatic N) is 1. The number of aryl methyl sites for hydroxylation is 1. The standard InChI is InChI=1S/C38H40N4O3/c1-25-15-17-26(18-16-25)23-36(43)42(2)35(22-27-19-20-28-9-3-4-10-29(28)21-27)41-37(44)31-12-6-8-14-34(31)40-38(45)32-24-39-33-13-7-5-11-30(32)33/h3-5,7,9-11,13,15-21,24,31,34-35,39H,6,8,12,14,22-23H2,1-2H3,(H,40,45)(H,41,44)/t31-,34+,35-/m1/s1. The van der Waals surface area contributed by atoms with E-state index in [2.05, 4.69) is 45.9 Å². The minimum absolute atomic E-state index is 0.0715. The van der Waals surface area contributed by atoms with Gasteiger partial charge in [0, 0.05) is 36.6 Å². The average molecular weight is 601 g/mol. The number of rotatable bonds is 9. The van der Waals surface area contributed by atoms with Crippen LogP contribution in [0.2, 0.25) is 0 Å². The van der Waals surface area contributed by atoms with Gasteiger partial charge in [-0.25, -0.2) is 0 Å². The van der Waals surface area contributed by atoms with Gasteiger partial charge in [-0.3, -0.25) is 14.4 Å². The molecule has 1 aromatic heterocycles. The molecule has 5 aromatic rings. The zero-order chi connectivity index (χ0) is 31.3. The second-order valence-corrected chi connectivity index (χ2v) is 12.3. The van der Waals surface area contributed by atoms with Crippen LogP contribution in [0, 0.1) is 12.8 Å². The first-order chi connectivity index (χ1) is 21.9. The third-order valence-corrected chi connectivity index (χ3v) is 9.14. The van der Waals surface area contributed by atoms with E-state index in [9.17, 15) is 14.4 Å². The van der Waals surface area contributed by atoms with Crippen molar-refractivity contribution < 1.29 is 14.4 Å². The molecule has 0 unspecified atom stereocenters. The van der Waals surface area contributed by atoms with Crippen LogP contribution >= 0.6 is 0 Å². The number of para-hydroxylation sites is 1. The maximum Gasteiger partial charge on any atom is 0.253 e. The Hall–Kier alpha value is -4.91. The van der Waals surface area contributed by atoms with Crippen LogP contribution in [0.1, 0.15) is 52.7 Å².